The Kier molecular flexibility index (Phi) is 16.9. The topological polar surface area (TPSA) is 58.2 Å². The van der Waals surface area contributed by atoms with Crippen LogP contribution in [0.2, 0.25) is 0 Å². The van der Waals surface area contributed by atoms with Gasteiger partial charge in [0.1, 0.15) is 0 Å². The average Bonchev–Trinajstić information content (AvgIpc) is 0.778. The Bertz CT molecular complexity index is 3270. The zero-order chi connectivity index (χ0) is 62.4. The maximum atomic E-state index is 14.3. The van der Waals surface area contributed by atoms with E-state index in [1.807, 2.05) is 24.3 Å². The molecule has 4 heteroatoms. The molecular weight excluding hydrogens is 1040 g/mol. The zero-order valence-electron chi connectivity index (χ0n) is 54.6. The molecule has 0 unspecified atom stereocenters. The fraction of sp³-hybridized carbons (Fsp3) is 0.317. The highest BCUT2D eigenvalue weighted by atomic mass is 16.2. The van der Waals surface area contributed by atoms with E-state index in [2.05, 4.69) is 305 Å². The summed E-state index contributed by atoms with van der Waals surface area (Å²) >= 11 is 0. The Morgan fingerprint density at radius 1 is 0.221 bits per heavy atom. The van der Waals surface area contributed by atoms with E-state index in [1.54, 1.807) is 24.3 Å². The highest BCUT2D eigenvalue weighted by Gasteiger charge is 2.41. The van der Waals surface area contributed by atoms with E-state index in [0.29, 0.717) is 22.5 Å². The molecule has 9 rings (SSSR count). The van der Waals surface area contributed by atoms with Gasteiger partial charge < -0.3 is 10.6 Å². The van der Waals surface area contributed by atoms with Gasteiger partial charge in [-0.15, -0.1) is 0 Å². The normalized spacial score (nSPS) is 12.9. The smallest absolute Gasteiger partial charge is 0.255 e. The molecule has 0 bridgehead atoms. The van der Waals surface area contributed by atoms with Gasteiger partial charge in [0.05, 0.1) is 10.8 Å². The van der Waals surface area contributed by atoms with Crippen LogP contribution in [0, 0.1) is 0 Å². The molecule has 9 aromatic carbocycles. The lowest BCUT2D eigenvalue weighted by Gasteiger charge is -2.38. The molecule has 442 valence electrons. The van der Waals surface area contributed by atoms with Crippen LogP contribution in [0.1, 0.15) is 223 Å². The third kappa shape index (κ3) is 12.9. The van der Waals surface area contributed by atoms with Crippen molar-refractivity contribution in [3.63, 3.8) is 0 Å². The number of amides is 2. The Balaban J connectivity index is 1.03. The van der Waals surface area contributed by atoms with Crippen LogP contribution in [0.3, 0.4) is 0 Å². The van der Waals surface area contributed by atoms with Gasteiger partial charge in [0, 0.05) is 22.5 Å². The third-order valence-electron chi connectivity index (χ3n) is 17.6. The average molecular weight is 1140 g/mol. The van der Waals surface area contributed by atoms with E-state index in [4.69, 9.17) is 0 Å². The van der Waals surface area contributed by atoms with Crippen LogP contribution in [0.25, 0.3) is 0 Å². The van der Waals surface area contributed by atoms with Crippen LogP contribution >= 0.6 is 0 Å². The van der Waals surface area contributed by atoms with Gasteiger partial charge in [-0.2, -0.15) is 0 Å². The summed E-state index contributed by atoms with van der Waals surface area (Å²) in [5.74, 6) is -0.622. The predicted octanol–water partition coefficient (Wildman–Crippen LogP) is 20.7. The van der Waals surface area contributed by atoms with Crippen molar-refractivity contribution < 1.29 is 9.59 Å². The van der Waals surface area contributed by atoms with E-state index >= 15 is 0 Å². The number of benzene rings is 9. The summed E-state index contributed by atoms with van der Waals surface area (Å²) in [5.41, 5.74) is 17.2. The Morgan fingerprint density at radius 3 is 0.535 bits per heavy atom. The van der Waals surface area contributed by atoms with Crippen LogP contribution in [0.5, 0.6) is 0 Å². The van der Waals surface area contributed by atoms with Crippen molar-refractivity contribution >= 4 is 23.2 Å². The Labute approximate surface area is 516 Å². The summed E-state index contributed by atoms with van der Waals surface area (Å²) in [4.78, 5) is 28.5. The minimum atomic E-state index is -0.702. The van der Waals surface area contributed by atoms with Gasteiger partial charge in [0.15, 0.2) is 0 Å². The van der Waals surface area contributed by atoms with Gasteiger partial charge in [0.2, 0.25) is 0 Å². The van der Waals surface area contributed by atoms with Crippen molar-refractivity contribution in [1.82, 2.24) is 0 Å². The van der Waals surface area contributed by atoms with Crippen molar-refractivity contribution in [3.05, 3.63) is 307 Å². The number of hydrogen-bond acceptors (Lipinski definition) is 2. The molecule has 0 aromatic heterocycles. The lowest BCUT2D eigenvalue weighted by Crippen LogP contribution is -2.31. The Morgan fingerprint density at radius 2 is 0.372 bits per heavy atom. The standard InChI is InChI=1S/C82H92N2O2/c1-75(2,3)57-22-34-63(35-23-57)81(64-36-24-58(25-37-64)76(4,5)6,65-38-26-59(27-39-65)77(7,8)9)69-46-50-71(51-47-69)83-73(85)55-20-19-21-56(54-55)74(86)84-72-52-48-70(49-53-72)82(66-40-28-60(29-41-66)78(10,11)12,67-42-30-61(31-43-67)79(13,14)15)68-44-32-62(33-45-68)80(16,17)18/h19-54H,1-18H3,(H,83,85)(H,84,86). The summed E-state index contributed by atoms with van der Waals surface area (Å²) in [7, 11) is 0. The number of carbonyl (C=O) groups excluding carboxylic acids is 2. The molecule has 0 saturated heterocycles. The number of carbonyl (C=O) groups is 2. The summed E-state index contributed by atoms with van der Waals surface area (Å²) in [5, 5.41) is 6.33. The monoisotopic (exact) mass is 1140 g/mol. The van der Waals surface area contributed by atoms with Gasteiger partial charge in [-0.1, -0.05) is 301 Å². The zero-order valence-corrected chi connectivity index (χ0v) is 54.6. The van der Waals surface area contributed by atoms with Crippen LogP contribution in [0.4, 0.5) is 11.4 Å². The van der Waals surface area contributed by atoms with Crippen LogP contribution in [0.15, 0.2) is 218 Å². The molecule has 0 aliphatic heterocycles. The lowest BCUT2D eigenvalue weighted by atomic mass is 9.64. The maximum absolute atomic E-state index is 14.3. The minimum Gasteiger partial charge on any atom is -0.322 e. The van der Waals surface area contributed by atoms with Crippen molar-refractivity contribution in [1.29, 1.82) is 0 Å². The molecule has 0 aliphatic rings. The van der Waals surface area contributed by atoms with Crippen LogP contribution in [-0.4, -0.2) is 11.8 Å². The molecule has 2 N–H and O–H groups in total. The minimum absolute atomic E-state index is 0.0182. The summed E-state index contributed by atoms with van der Waals surface area (Å²) in [6.45, 7) is 40.5. The van der Waals surface area contributed by atoms with Gasteiger partial charge in [-0.05, 0) is 153 Å². The Hall–Kier alpha value is -8.08. The van der Waals surface area contributed by atoms with Gasteiger partial charge in [0.25, 0.3) is 11.8 Å². The largest absolute Gasteiger partial charge is 0.322 e. The second kappa shape index (κ2) is 23.3. The SMILES string of the molecule is CC(C)(C)c1ccc(C(c2ccc(NC(=O)c3cccc(C(=O)Nc4ccc(C(c5ccc(C(C)(C)C)cc5)(c5ccc(C(C)(C)C)cc5)c5ccc(C(C)(C)C)cc5)cc4)c3)cc2)(c2ccc(C(C)(C)C)cc2)c2ccc(C(C)(C)C)cc2)cc1. The second-order valence-electron chi connectivity index (χ2n) is 30.1. The molecular formula is C82H92N2O2. The number of rotatable bonds is 12. The molecule has 9 aromatic rings. The molecule has 0 atom stereocenters. The third-order valence-corrected chi connectivity index (χ3v) is 17.6. The molecule has 86 heavy (non-hydrogen) atoms. The maximum Gasteiger partial charge on any atom is 0.255 e. The molecule has 4 nitrogen and oxygen atoms in total. The van der Waals surface area contributed by atoms with E-state index in [1.165, 1.54) is 33.4 Å². The van der Waals surface area contributed by atoms with Crippen LogP contribution in [-0.2, 0) is 43.3 Å². The first kappa shape index (κ1) is 62.5. The molecule has 0 heterocycles. The lowest BCUT2D eigenvalue weighted by molar-refractivity contribution is 0.102. The first-order chi connectivity index (χ1) is 40.2. The van der Waals surface area contributed by atoms with Crippen molar-refractivity contribution in [2.24, 2.45) is 0 Å². The van der Waals surface area contributed by atoms with E-state index < -0.39 is 10.8 Å². The highest BCUT2D eigenvalue weighted by molar-refractivity contribution is 6.08. The van der Waals surface area contributed by atoms with E-state index in [0.717, 1.165) is 44.5 Å². The quantitative estimate of drug-likeness (QED) is 0.120. The highest BCUT2D eigenvalue weighted by Crippen LogP contribution is 2.49. The fourth-order valence-electron chi connectivity index (χ4n) is 12.1. The van der Waals surface area contributed by atoms with Gasteiger partial charge >= 0.3 is 0 Å². The van der Waals surface area contributed by atoms with E-state index in [-0.39, 0.29) is 44.3 Å². The number of anilines is 2. The molecule has 0 radical (unpaired) electrons. The van der Waals surface area contributed by atoms with Crippen LogP contribution < -0.4 is 10.6 Å². The van der Waals surface area contributed by atoms with Gasteiger partial charge in [-0.25, -0.2) is 0 Å². The number of nitrogens with one attached hydrogen (secondary N) is 2. The molecule has 0 aliphatic carbocycles. The van der Waals surface area contributed by atoms with Crippen molar-refractivity contribution in [2.75, 3.05) is 10.6 Å². The second-order valence-corrected chi connectivity index (χ2v) is 30.1. The summed E-state index contributed by atoms with van der Waals surface area (Å²) < 4.78 is 0. The van der Waals surface area contributed by atoms with Gasteiger partial charge in [-0.3, -0.25) is 9.59 Å². The molecule has 0 fully saturated rings. The molecule has 0 saturated carbocycles. The molecule has 2 amide bonds. The molecule has 0 spiro atoms. The van der Waals surface area contributed by atoms with Crippen molar-refractivity contribution in [2.45, 2.75) is 168 Å². The summed E-state index contributed by atoms with van der Waals surface area (Å²) in [6.07, 6.45) is 0. The number of hydrogen-bond donors (Lipinski definition) is 2. The van der Waals surface area contributed by atoms with E-state index in [9.17, 15) is 9.59 Å². The summed E-state index contributed by atoms with van der Waals surface area (Å²) in [6, 6.07) is 78.3. The van der Waals surface area contributed by atoms with Crippen molar-refractivity contribution in [3.8, 4) is 0 Å². The predicted molar refractivity (Wildman–Crippen MR) is 364 cm³/mol. The first-order valence-electron chi connectivity index (χ1n) is 30.8. The first-order valence-corrected chi connectivity index (χ1v) is 30.8. The fourth-order valence-corrected chi connectivity index (χ4v) is 12.1.